The molecule has 0 bridgehead atoms. The topological polar surface area (TPSA) is 129 Å². The van der Waals surface area contributed by atoms with E-state index in [0.29, 0.717) is 5.75 Å². The number of carbonyl (C=O) groups excluding carboxylic acids is 4. The number of benzene rings is 2. The van der Waals surface area contributed by atoms with Crippen LogP contribution in [0.5, 0.6) is 11.5 Å². The van der Waals surface area contributed by atoms with Gasteiger partial charge in [0.2, 0.25) is 0 Å². The first kappa shape index (κ1) is 31.1. The van der Waals surface area contributed by atoms with Gasteiger partial charge in [-0.05, 0) is 36.4 Å². The van der Waals surface area contributed by atoms with Crippen LogP contribution in [-0.4, -0.2) is 75.8 Å². The molecule has 2 aromatic carbocycles. The fourth-order valence-corrected chi connectivity index (χ4v) is 4.95. The number of ether oxygens (including phenoxy) is 4. The molecule has 206 valence electrons. The smallest absolute Gasteiger partial charge is 0.329 e. The van der Waals surface area contributed by atoms with Crippen molar-refractivity contribution in [1.82, 2.24) is 10.6 Å². The molecule has 0 saturated carbocycles. The third kappa shape index (κ3) is 8.17. The zero-order valence-corrected chi connectivity index (χ0v) is 23.5. The van der Waals surface area contributed by atoms with Crippen LogP contribution in [0.25, 0.3) is 0 Å². The molecule has 0 heterocycles. The molecule has 2 aromatic rings. The Bertz CT molecular complexity index is 1120. The quantitative estimate of drug-likeness (QED) is 0.268. The van der Waals surface area contributed by atoms with Crippen molar-refractivity contribution < 1.29 is 38.1 Å². The van der Waals surface area contributed by atoms with Gasteiger partial charge >= 0.3 is 11.9 Å². The van der Waals surface area contributed by atoms with E-state index in [1.807, 2.05) is 0 Å². The molecule has 2 amide bonds. The van der Waals surface area contributed by atoms with Gasteiger partial charge in [-0.2, -0.15) is 11.8 Å². The van der Waals surface area contributed by atoms with Crippen molar-refractivity contribution in [3.8, 4) is 11.5 Å². The summed E-state index contributed by atoms with van der Waals surface area (Å²) in [6.45, 7) is 0. The van der Waals surface area contributed by atoms with Crippen molar-refractivity contribution in [1.29, 1.82) is 0 Å². The summed E-state index contributed by atoms with van der Waals surface area (Å²) in [4.78, 5) is 50.4. The first-order valence-corrected chi connectivity index (χ1v) is 13.1. The van der Waals surface area contributed by atoms with Gasteiger partial charge in [0.25, 0.3) is 11.8 Å². The van der Waals surface area contributed by atoms with Crippen molar-refractivity contribution in [2.75, 3.05) is 39.9 Å². The number of thioether (sulfide) groups is 1. The molecule has 0 aromatic heterocycles. The van der Waals surface area contributed by atoms with Crippen LogP contribution in [0.2, 0.25) is 10.0 Å². The number of hydrogen-bond acceptors (Lipinski definition) is 9. The van der Waals surface area contributed by atoms with Crippen LogP contribution in [0.4, 0.5) is 0 Å². The number of methoxy groups -OCH3 is 4. The summed E-state index contributed by atoms with van der Waals surface area (Å²) >= 11 is 13.4. The SMILES string of the molecule is COC(=O)[C@H](CCSC[C@@H](NC(=O)c1c(OC)cccc1OC)C(=O)OC)NC(=O)c1c(Cl)cccc1Cl. The standard InChI is InChI=1S/C25H28Cl2N2O8S/c1-34-18-9-6-10-19(35-2)21(18)23(31)29-17(25(33)37-4)13-38-12-11-16(24(32)36-3)28-22(30)20-14(26)7-5-8-15(20)27/h5-10,16-17H,11-13H2,1-4H3,(H,28,30)(H,29,31)/t16-,17+/m0/s1. The number of carbonyl (C=O) groups is 4. The van der Waals surface area contributed by atoms with E-state index >= 15 is 0 Å². The molecule has 0 fully saturated rings. The van der Waals surface area contributed by atoms with E-state index in [1.54, 1.807) is 24.3 Å². The Morgan fingerprint density at radius 1 is 0.763 bits per heavy atom. The fraction of sp³-hybridized carbons (Fsp3) is 0.360. The predicted octanol–water partition coefficient (Wildman–Crippen LogP) is 3.38. The van der Waals surface area contributed by atoms with Crippen LogP contribution in [0, 0.1) is 0 Å². The van der Waals surface area contributed by atoms with Crippen molar-refractivity contribution in [2.45, 2.75) is 18.5 Å². The normalized spacial score (nSPS) is 12.1. The van der Waals surface area contributed by atoms with E-state index in [0.717, 1.165) is 0 Å². The Hall–Kier alpha value is -3.15. The summed E-state index contributed by atoms with van der Waals surface area (Å²) in [5.41, 5.74) is 0.167. The third-order valence-electron chi connectivity index (χ3n) is 5.26. The van der Waals surface area contributed by atoms with Gasteiger partial charge in [0.05, 0.1) is 44.0 Å². The molecule has 38 heavy (non-hydrogen) atoms. The Morgan fingerprint density at radius 3 is 1.76 bits per heavy atom. The molecule has 0 aliphatic rings. The second-order valence-corrected chi connectivity index (χ2v) is 9.56. The van der Waals surface area contributed by atoms with Crippen molar-refractivity contribution in [2.24, 2.45) is 0 Å². The second-order valence-electron chi connectivity index (χ2n) is 7.60. The van der Waals surface area contributed by atoms with Gasteiger partial charge in [-0.1, -0.05) is 35.3 Å². The molecule has 0 aliphatic carbocycles. The van der Waals surface area contributed by atoms with Gasteiger partial charge in [0, 0.05) is 5.75 Å². The minimum absolute atomic E-state index is 0.0395. The summed E-state index contributed by atoms with van der Waals surface area (Å²) in [5, 5.41) is 5.49. The van der Waals surface area contributed by atoms with Gasteiger partial charge in [0.1, 0.15) is 29.1 Å². The van der Waals surface area contributed by atoms with Crippen LogP contribution in [-0.2, 0) is 19.1 Å². The zero-order chi connectivity index (χ0) is 28.2. The van der Waals surface area contributed by atoms with Gasteiger partial charge in [-0.15, -0.1) is 0 Å². The van der Waals surface area contributed by atoms with Gasteiger partial charge in [-0.25, -0.2) is 9.59 Å². The molecule has 0 spiro atoms. The molecular weight excluding hydrogens is 559 g/mol. The van der Waals surface area contributed by atoms with Crippen LogP contribution in [0.15, 0.2) is 36.4 Å². The maximum Gasteiger partial charge on any atom is 0.329 e. The number of hydrogen-bond donors (Lipinski definition) is 2. The third-order valence-corrected chi connectivity index (χ3v) is 6.99. The molecule has 2 N–H and O–H groups in total. The lowest BCUT2D eigenvalue weighted by atomic mass is 10.1. The molecule has 2 atom stereocenters. The largest absolute Gasteiger partial charge is 0.496 e. The lowest BCUT2D eigenvalue weighted by Gasteiger charge is -2.20. The second kappa shape index (κ2) is 15.3. The first-order chi connectivity index (χ1) is 18.2. The molecular formula is C25H28Cl2N2O8S. The molecule has 13 heteroatoms. The Kier molecular flexibility index (Phi) is 12.5. The average molecular weight is 587 g/mol. The van der Waals surface area contributed by atoms with Gasteiger partial charge in [0.15, 0.2) is 0 Å². The molecule has 0 saturated heterocycles. The van der Waals surface area contributed by atoms with E-state index < -0.39 is 35.8 Å². The lowest BCUT2D eigenvalue weighted by Crippen LogP contribution is -2.44. The Morgan fingerprint density at radius 2 is 1.24 bits per heavy atom. The summed E-state index contributed by atoms with van der Waals surface area (Å²) in [6, 6.07) is 7.44. The number of amides is 2. The minimum Gasteiger partial charge on any atom is -0.496 e. The highest BCUT2D eigenvalue weighted by atomic mass is 35.5. The number of esters is 2. The van der Waals surface area contributed by atoms with Crippen molar-refractivity contribution in [3.63, 3.8) is 0 Å². The molecule has 0 aliphatic heterocycles. The summed E-state index contributed by atoms with van der Waals surface area (Å²) in [7, 11) is 5.23. The summed E-state index contributed by atoms with van der Waals surface area (Å²) in [5.74, 6) is -1.57. The molecule has 10 nitrogen and oxygen atoms in total. The van der Waals surface area contributed by atoms with E-state index in [9.17, 15) is 19.2 Å². The van der Waals surface area contributed by atoms with Crippen molar-refractivity contribution in [3.05, 3.63) is 57.6 Å². The Balaban J connectivity index is 2.06. The average Bonchev–Trinajstić information content (AvgIpc) is 2.92. The number of nitrogens with one attached hydrogen (secondary N) is 2. The maximum atomic E-state index is 13.0. The van der Waals surface area contributed by atoms with E-state index in [1.165, 1.54) is 52.3 Å². The Labute approximate surface area is 234 Å². The van der Waals surface area contributed by atoms with Gasteiger partial charge in [-0.3, -0.25) is 9.59 Å². The lowest BCUT2D eigenvalue weighted by molar-refractivity contribution is -0.143. The fourth-order valence-electron chi connectivity index (χ4n) is 3.36. The monoisotopic (exact) mass is 586 g/mol. The summed E-state index contributed by atoms with van der Waals surface area (Å²) < 4.78 is 20.2. The van der Waals surface area contributed by atoms with Crippen molar-refractivity contribution >= 4 is 58.7 Å². The molecule has 2 rings (SSSR count). The van der Waals surface area contributed by atoms with Crippen LogP contribution >= 0.6 is 35.0 Å². The zero-order valence-electron chi connectivity index (χ0n) is 21.2. The molecule has 0 radical (unpaired) electrons. The van der Waals surface area contributed by atoms with E-state index in [4.69, 9.17) is 42.1 Å². The maximum absolute atomic E-state index is 13.0. The van der Waals surface area contributed by atoms with Crippen LogP contribution in [0.1, 0.15) is 27.1 Å². The first-order valence-electron chi connectivity index (χ1n) is 11.2. The highest BCUT2D eigenvalue weighted by molar-refractivity contribution is 7.99. The number of rotatable bonds is 13. The highest BCUT2D eigenvalue weighted by Crippen LogP contribution is 2.28. The number of halogens is 2. The van der Waals surface area contributed by atoms with Crippen LogP contribution < -0.4 is 20.1 Å². The minimum atomic E-state index is -1.01. The van der Waals surface area contributed by atoms with Crippen LogP contribution in [0.3, 0.4) is 0 Å². The molecule has 0 unspecified atom stereocenters. The highest BCUT2D eigenvalue weighted by Gasteiger charge is 2.27. The van der Waals surface area contributed by atoms with Gasteiger partial charge < -0.3 is 29.6 Å². The predicted molar refractivity (Wildman–Crippen MR) is 144 cm³/mol. The summed E-state index contributed by atoms with van der Waals surface area (Å²) in [6.07, 6.45) is 0.160. The van der Waals surface area contributed by atoms with E-state index in [2.05, 4.69) is 10.6 Å². The van der Waals surface area contributed by atoms with E-state index in [-0.39, 0.29) is 44.8 Å².